The second-order valence-corrected chi connectivity index (χ2v) is 5.73. The molecule has 3 rings (SSSR count). The third-order valence-electron chi connectivity index (χ3n) is 3.69. The fraction of sp³-hybridized carbons (Fsp3) is 0.462. The van der Waals surface area contributed by atoms with Crippen LogP contribution >= 0.6 is 15.9 Å². The van der Waals surface area contributed by atoms with Crippen molar-refractivity contribution in [2.45, 2.75) is 31.6 Å². The third kappa shape index (κ3) is 2.25. The fourth-order valence-electron chi connectivity index (χ4n) is 2.67. The molecular formula is C13H15BrN4O. The summed E-state index contributed by atoms with van der Waals surface area (Å²) in [5, 5.41) is 4.12. The highest BCUT2D eigenvalue weighted by Gasteiger charge is 2.23. The smallest absolute Gasteiger partial charge is 0.265 e. The molecule has 0 atom stereocenters. The van der Waals surface area contributed by atoms with Crippen LogP contribution < -0.4 is 5.56 Å². The van der Waals surface area contributed by atoms with E-state index in [2.05, 4.69) is 31.0 Å². The van der Waals surface area contributed by atoms with Crippen molar-refractivity contribution in [1.29, 1.82) is 0 Å². The van der Waals surface area contributed by atoms with Crippen molar-refractivity contribution in [2.24, 2.45) is 7.05 Å². The lowest BCUT2D eigenvalue weighted by Gasteiger charge is -2.12. The third-order valence-corrected chi connectivity index (χ3v) is 4.46. The molecule has 1 N–H and O–H groups in total. The Morgan fingerprint density at radius 3 is 2.79 bits per heavy atom. The summed E-state index contributed by atoms with van der Waals surface area (Å²) in [7, 11) is 1.84. The molecular weight excluding hydrogens is 308 g/mol. The Balaban J connectivity index is 2.12. The van der Waals surface area contributed by atoms with Crippen LogP contribution in [0.1, 0.15) is 37.3 Å². The van der Waals surface area contributed by atoms with Crippen LogP contribution in [0.3, 0.4) is 0 Å². The van der Waals surface area contributed by atoms with Gasteiger partial charge in [-0.25, -0.2) is 4.98 Å². The first-order chi connectivity index (χ1) is 9.16. The lowest BCUT2D eigenvalue weighted by molar-refractivity contribution is 0.685. The number of aryl methyl sites for hydroxylation is 1. The van der Waals surface area contributed by atoms with E-state index >= 15 is 0 Å². The predicted molar refractivity (Wildman–Crippen MR) is 76.0 cm³/mol. The summed E-state index contributed by atoms with van der Waals surface area (Å²) in [6.07, 6.45) is 6.35. The molecule has 0 saturated heterocycles. The standard InChI is InChI=1S/C13H15BrN4O/c1-18-9(6-7-15-18)12-16-11(8-4-2-3-5-8)10(14)13(19)17-12/h6-8H,2-5H2,1H3,(H,16,17,19). The van der Waals surface area contributed by atoms with Crippen LogP contribution in [-0.4, -0.2) is 19.7 Å². The van der Waals surface area contributed by atoms with Crippen LogP contribution in [0.15, 0.2) is 21.5 Å². The Morgan fingerprint density at radius 2 is 2.16 bits per heavy atom. The summed E-state index contributed by atoms with van der Waals surface area (Å²) in [6.45, 7) is 0. The molecule has 1 aliphatic carbocycles. The Hall–Kier alpha value is -1.43. The number of aromatic nitrogens is 4. The van der Waals surface area contributed by atoms with Crippen molar-refractivity contribution >= 4 is 15.9 Å². The number of aromatic amines is 1. The summed E-state index contributed by atoms with van der Waals surface area (Å²) in [6, 6.07) is 1.85. The summed E-state index contributed by atoms with van der Waals surface area (Å²) in [5.74, 6) is 0.985. The highest BCUT2D eigenvalue weighted by atomic mass is 79.9. The van der Waals surface area contributed by atoms with Gasteiger partial charge in [0.1, 0.15) is 10.2 Å². The first-order valence-electron chi connectivity index (χ1n) is 6.45. The molecule has 0 amide bonds. The first kappa shape index (κ1) is 12.6. The zero-order chi connectivity index (χ0) is 13.4. The second kappa shape index (κ2) is 4.92. The molecule has 5 nitrogen and oxygen atoms in total. The highest BCUT2D eigenvalue weighted by Crippen LogP contribution is 2.35. The number of hydrogen-bond acceptors (Lipinski definition) is 3. The van der Waals surface area contributed by atoms with Gasteiger partial charge < -0.3 is 4.98 Å². The first-order valence-corrected chi connectivity index (χ1v) is 7.24. The molecule has 0 radical (unpaired) electrons. The summed E-state index contributed by atoms with van der Waals surface area (Å²) < 4.78 is 2.29. The molecule has 1 saturated carbocycles. The van der Waals surface area contributed by atoms with Crippen LogP contribution in [0.5, 0.6) is 0 Å². The number of rotatable bonds is 2. The van der Waals surface area contributed by atoms with Gasteiger partial charge in [-0.2, -0.15) is 5.10 Å². The van der Waals surface area contributed by atoms with Crippen LogP contribution in [0, 0.1) is 0 Å². The van der Waals surface area contributed by atoms with Crippen molar-refractivity contribution < 1.29 is 0 Å². The molecule has 0 unspecified atom stereocenters. The topological polar surface area (TPSA) is 63.6 Å². The van der Waals surface area contributed by atoms with Crippen molar-refractivity contribution in [2.75, 3.05) is 0 Å². The normalized spacial score (nSPS) is 16.1. The van der Waals surface area contributed by atoms with Gasteiger partial charge in [0.05, 0.1) is 5.69 Å². The molecule has 0 bridgehead atoms. The molecule has 100 valence electrons. The zero-order valence-electron chi connectivity index (χ0n) is 10.7. The predicted octanol–water partition coefficient (Wildman–Crippen LogP) is 2.59. The molecule has 2 aromatic rings. The number of hydrogen-bond donors (Lipinski definition) is 1. The average molecular weight is 323 g/mol. The van der Waals surface area contributed by atoms with Crippen molar-refractivity contribution in [3.63, 3.8) is 0 Å². The molecule has 2 heterocycles. The SMILES string of the molecule is Cn1nccc1-c1nc(C2CCCC2)c(Br)c(=O)[nH]1. The van der Waals surface area contributed by atoms with Gasteiger partial charge in [0.15, 0.2) is 5.82 Å². The Kier molecular flexibility index (Phi) is 3.26. The van der Waals surface area contributed by atoms with E-state index in [9.17, 15) is 4.79 Å². The molecule has 1 fully saturated rings. The number of halogens is 1. The van der Waals surface area contributed by atoms with E-state index in [1.807, 2.05) is 13.1 Å². The quantitative estimate of drug-likeness (QED) is 0.924. The maximum Gasteiger partial charge on any atom is 0.265 e. The second-order valence-electron chi connectivity index (χ2n) is 4.94. The van der Waals surface area contributed by atoms with E-state index in [4.69, 9.17) is 0 Å². The number of nitrogens with zero attached hydrogens (tertiary/aromatic N) is 3. The van der Waals surface area contributed by atoms with Crippen LogP contribution in [0.25, 0.3) is 11.5 Å². The van der Waals surface area contributed by atoms with Crippen LogP contribution in [0.2, 0.25) is 0 Å². The molecule has 1 aliphatic rings. The van der Waals surface area contributed by atoms with Crippen molar-refractivity contribution in [3.8, 4) is 11.5 Å². The van der Waals surface area contributed by atoms with Gasteiger partial charge in [-0.15, -0.1) is 0 Å². The fourth-order valence-corrected chi connectivity index (χ4v) is 3.18. The van der Waals surface area contributed by atoms with Crippen LogP contribution in [0.4, 0.5) is 0 Å². The minimum absolute atomic E-state index is 0.117. The average Bonchev–Trinajstić information content (AvgIpc) is 3.03. The summed E-state index contributed by atoms with van der Waals surface area (Å²) in [5.41, 5.74) is 1.59. The molecule has 2 aromatic heterocycles. The van der Waals surface area contributed by atoms with Gasteiger partial charge in [0, 0.05) is 19.2 Å². The van der Waals surface area contributed by atoms with E-state index in [1.54, 1.807) is 10.9 Å². The minimum atomic E-state index is -0.117. The lowest BCUT2D eigenvalue weighted by Crippen LogP contribution is -2.16. The Morgan fingerprint density at radius 1 is 1.42 bits per heavy atom. The number of H-pyrrole nitrogens is 1. The lowest BCUT2D eigenvalue weighted by atomic mass is 10.0. The summed E-state index contributed by atoms with van der Waals surface area (Å²) >= 11 is 3.38. The van der Waals surface area contributed by atoms with E-state index in [-0.39, 0.29) is 5.56 Å². The largest absolute Gasteiger partial charge is 0.304 e. The maximum absolute atomic E-state index is 12.1. The van der Waals surface area contributed by atoms with Crippen LogP contribution in [-0.2, 0) is 7.05 Å². The molecule has 0 aliphatic heterocycles. The van der Waals surface area contributed by atoms with E-state index in [0.29, 0.717) is 16.2 Å². The Labute approximate surface area is 119 Å². The van der Waals surface area contributed by atoms with E-state index in [1.165, 1.54) is 12.8 Å². The Bertz CT molecular complexity index is 655. The van der Waals surface area contributed by atoms with Gasteiger partial charge in [-0.05, 0) is 34.8 Å². The highest BCUT2D eigenvalue weighted by molar-refractivity contribution is 9.10. The van der Waals surface area contributed by atoms with Crippen molar-refractivity contribution in [1.82, 2.24) is 19.7 Å². The van der Waals surface area contributed by atoms with Crippen molar-refractivity contribution in [3.05, 3.63) is 32.8 Å². The van der Waals surface area contributed by atoms with Gasteiger partial charge in [-0.3, -0.25) is 9.48 Å². The molecule has 0 aromatic carbocycles. The van der Waals surface area contributed by atoms with Gasteiger partial charge >= 0.3 is 0 Å². The number of nitrogens with one attached hydrogen (secondary N) is 1. The van der Waals surface area contributed by atoms with Gasteiger partial charge in [0.2, 0.25) is 0 Å². The summed E-state index contributed by atoms with van der Waals surface area (Å²) in [4.78, 5) is 19.5. The molecule has 0 spiro atoms. The zero-order valence-corrected chi connectivity index (χ0v) is 12.3. The minimum Gasteiger partial charge on any atom is -0.304 e. The molecule has 6 heteroatoms. The maximum atomic E-state index is 12.1. The van der Waals surface area contributed by atoms with E-state index in [0.717, 1.165) is 24.2 Å². The van der Waals surface area contributed by atoms with E-state index < -0.39 is 0 Å². The monoisotopic (exact) mass is 322 g/mol. The van der Waals surface area contributed by atoms with Gasteiger partial charge in [-0.1, -0.05) is 12.8 Å². The molecule has 19 heavy (non-hydrogen) atoms. The van der Waals surface area contributed by atoms with Gasteiger partial charge in [0.25, 0.3) is 5.56 Å².